The highest BCUT2D eigenvalue weighted by molar-refractivity contribution is 6.28. The van der Waals surface area contributed by atoms with Gasteiger partial charge in [0.1, 0.15) is 5.82 Å². The van der Waals surface area contributed by atoms with Crippen LogP contribution in [0.3, 0.4) is 0 Å². The first-order valence-corrected chi connectivity index (χ1v) is 5.11. The SMILES string of the molecule is Fc1ccc(-c2ccnc(Cl)n2)cc1C(F)(F)F. The fourth-order valence-corrected chi connectivity index (χ4v) is 1.54. The van der Waals surface area contributed by atoms with Crippen LogP contribution in [0.2, 0.25) is 5.28 Å². The third-order valence-electron chi connectivity index (χ3n) is 2.19. The van der Waals surface area contributed by atoms with Crippen LogP contribution < -0.4 is 0 Å². The summed E-state index contributed by atoms with van der Waals surface area (Å²) in [6, 6.07) is 4.02. The molecule has 2 nitrogen and oxygen atoms in total. The molecular weight excluding hydrogens is 272 g/mol. The molecule has 0 aliphatic carbocycles. The molecule has 1 heterocycles. The number of alkyl halides is 3. The van der Waals surface area contributed by atoms with E-state index in [0.717, 1.165) is 6.07 Å². The number of benzene rings is 1. The second-order valence-electron chi connectivity index (χ2n) is 3.40. The van der Waals surface area contributed by atoms with Crippen LogP contribution in [0.4, 0.5) is 17.6 Å². The lowest BCUT2D eigenvalue weighted by Crippen LogP contribution is -2.08. The van der Waals surface area contributed by atoms with E-state index in [1.807, 2.05) is 0 Å². The summed E-state index contributed by atoms with van der Waals surface area (Å²) in [5, 5.41) is -0.0922. The molecule has 0 spiro atoms. The standard InChI is InChI=1S/C11H5ClF4N2/c12-10-17-4-3-9(18-10)6-1-2-8(13)7(5-6)11(14,15)16/h1-5H. The third-order valence-corrected chi connectivity index (χ3v) is 2.38. The lowest BCUT2D eigenvalue weighted by Gasteiger charge is -2.09. The molecule has 1 aromatic heterocycles. The van der Waals surface area contributed by atoms with Gasteiger partial charge < -0.3 is 0 Å². The first-order chi connectivity index (χ1) is 8.38. The Morgan fingerprint density at radius 2 is 1.83 bits per heavy atom. The van der Waals surface area contributed by atoms with E-state index in [4.69, 9.17) is 11.6 Å². The predicted molar refractivity (Wildman–Crippen MR) is 57.4 cm³/mol. The molecule has 94 valence electrons. The molecule has 0 aliphatic heterocycles. The Bertz CT molecular complexity index is 583. The quantitative estimate of drug-likeness (QED) is 0.582. The second-order valence-corrected chi connectivity index (χ2v) is 3.74. The molecule has 0 radical (unpaired) electrons. The lowest BCUT2D eigenvalue weighted by atomic mass is 10.1. The van der Waals surface area contributed by atoms with Crippen molar-refractivity contribution in [2.45, 2.75) is 6.18 Å². The Hall–Kier alpha value is -1.69. The van der Waals surface area contributed by atoms with E-state index in [-0.39, 0.29) is 16.5 Å². The topological polar surface area (TPSA) is 25.8 Å². The molecule has 18 heavy (non-hydrogen) atoms. The predicted octanol–water partition coefficient (Wildman–Crippen LogP) is 3.95. The average Bonchev–Trinajstić information content (AvgIpc) is 2.28. The summed E-state index contributed by atoms with van der Waals surface area (Å²) >= 11 is 5.54. The molecule has 0 saturated heterocycles. The summed E-state index contributed by atoms with van der Waals surface area (Å²) in [4.78, 5) is 7.37. The highest BCUT2D eigenvalue weighted by Crippen LogP contribution is 2.33. The molecule has 0 aliphatic rings. The summed E-state index contributed by atoms with van der Waals surface area (Å²) in [7, 11) is 0. The normalized spacial score (nSPS) is 11.6. The van der Waals surface area contributed by atoms with Gasteiger partial charge in [0, 0.05) is 11.8 Å². The van der Waals surface area contributed by atoms with Crippen LogP contribution in [0.15, 0.2) is 30.5 Å². The van der Waals surface area contributed by atoms with Gasteiger partial charge in [-0.05, 0) is 35.9 Å². The minimum Gasteiger partial charge on any atom is -0.226 e. The third kappa shape index (κ3) is 2.59. The van der Waals surface area contributed by atoms with Crippen molar-refractivity contribution < 1.29 is 17.6 Å². The minimum absolute atomic E-state index is 0.0922. The Morgan fingerprint density at radius 1 is 1.11 bits per heavy atom. The maximum Gasteiger partial charge on any atom is 0.419 e. The molecule has 0 bridgehead atoms. The van der Waals surface area contributed by atoms with Gasteiger partial charge in [0.2, 0.25) is 5.28 Å². The monoisotopic (exact) mass is 276 g/mol. The van der Waals surface area contributed by atoms with Gasteiger partial charge in [-0.25, -0.2) is 14.4 Å². The van der Waals surface area contributed by atoms with Crippen LogP contribution in [-0.2, 0) is 6.18 Å². The summed E-state index contributed by atoms with van der Waals surface area (Å²) in [5.74, 6) is -1.33. The van der Waals surface area contributed by atoms with Crippen molar-refractivity contribution in [1.29, 1.82) is 0 Å². The molecule has 2 aromatic rings. The highest BCUT2D eigenvalue weighted by Gasteiger charge is 2.34. The van der Waals surface area contributed by atoms with Gasteiger partial charge in [-0.2, -0.15) is 13.2 Å². The summed E-state index contributed by atoms with van der Waals surface area (Å²) in [6.07, 6.45) is -3.45. The largest absolute Gasteiger partial charge is 0.419 e. The fraction of sp³-hybridized carbons (Fsp3) is 0.0909. The summed E-state index contributed by atoms with van der Waals surface area (Å²) < 4.78 is 50.7. The average molecular weight is 277 g/mol. The van der Waals surface area contributed by atoms with E-state index in [9.17, 15) is 17.6 Å². The maximum atomic E-state index is 13.1. The second kappa shape index (κ2) is 4.53. The zero-order valence-corrected chi connectivity index (χ0v) is 9.43. The van der Waals surface area contributed by atoms with Crippen LogP contribution in [0, 0.1) is 5.82 Å². The number of hydrogen-bond acceptors (Lipinski definition) is 2. The summed E-state index contributed by atoms with van der Waals surface area (Å²) in [6.45, 7) is 0. The van der Waals surface area contributed by atoms with E-state index in [1.54, 1.807) is 0 Å². The van der Waals surface area contributed by atoms with Crippen molar-refractivity contribution in [2.75, 3.05) is 0 Å². The minimum atomic E-state index is -4.75. The van der Waals surface area contributed by atoms with Gasteiger partial charge >= 0.3 is 6.18 Å². The van der Waals surface area contributed by atoms with Crippen LogP contribution in [0.25, 0.3) is 11.3 Å². The zero-order chi connectivity index (χ0) is 13.3. The number of halogens is 5. The summed E-state index contributed by atoms with van der Waals surface area (Å²) in [5.41, 5.74) is -1.02. The molecule has 2 rings (SSSR count). The lowest BCUT2D eigenvalue weighted by molar-refractivity contribution is -0.139. The van der Waals surface area contributed by atoms with Crippen LogP contribution >= 0.6 is 11.6 Å². The van der Waals surface area contributed by atoms with Crippen molar-refractivity contribution in [1.82, 2.24) is 9.97 Å². The van der Waals surface area contributed by atoms with E-state index in [0.29, 0.717) is 6.07 Å². The Morgan fingerprint density at radius 3 is 2.44 bits per heavy atom. The molecule has 0 amide bonds. The van der Waals surface area contributed by atoms with Crippen LogP contribution in [0.1, 0.15) is 5.56 Å². The van der Waals surface area contributed by atoms with Gasteiger partial charge in [0.05, 0.1) is 11.3 Å². The van der Waals surface area contributed by atoms with Crippen molar-refractivity contribution in [3.8, 4) is 11.3 Å². The van der Waals surface area contributed by atoms with E-state index >= 15 is 0 Å². The highest BCUT2D eigenvalue weighted by atomic mass is 35.5. The molecule has 0 atom stereocenters. The van der Waals surface area contributed by atoms with E-state index in [2.05, 4.69) is 9.97 Å². The molecule has 0 fully saturated rings. The fourth-order valence-electron chi connectivity index (χ4n) is 1.40. The first kappa shape index (κ1) is 12.8. The molecule has 0 N–H and O–H groups in total. The van der Waals surface area contributed by atoms with Gasteiger partial charge in [0.15, 0.2) is 0 Å². The Balaban J connectivity index is 2.54. The number of hydrogen-bond donors (Lipinski definition) is 0. The Labute approximate surface area is 104 Å². The number of nitrogens with zero attached hydrogens (tertiary/aromatic N) is 2. The maximum absolute atomic E-state index is 13.1. The van der Waals surface area contributed by atoms with E-state index < -0.39 is 17.6 Å². The van der Waals surface area contributed by atoms with Crippen LogP contribution in [-0.4, -0.2) is 9.97 Å². The zero-order valence-electron chi connectivity index (χ0n) is 8.67. The van der Waals surface area contributed by atoms with Gasteiger partial charge in [0.25, 0.3) is 0 Å². The van der Waals surface area contributed by atoms with Crippen molar-refractivity contribution in [3.63, 3.8) is 0 Å². The number of aromatic nitrogens is 2. The van der Waals surface area contributed by atoms with Gasteiger partial charge in [-0.1, -0.05) is 0 Å². The van der Waals surface area contributed by atoms with Crippen molar-refractivity contribution in [2.24, 2.45) is 0 Å². The molecule has 7 heteroatoms. The van der Waals surface area contributed by atoms with Gasteiger partial charge in [-0.3, -0.25) is 0 Å². The van der Waals surface area contributed by atoms with Crippen molar-refractivity contribution >= 4 is 11.6 Å². The van der Waals surface area contributed by atoms with Crippen molar-refractivity contribution in [3.05, 3.63) is 47.1 Å². The van der Waals surface area contributed by atoms with E-state index in [1.165, 1.54) is 18.3 Å². The molecule has 0 saturated carbocycles. The van der Waals surface area contributed by atoms with Gasteiger partial charge in [-0.15, -0.1) is 0 Å². The smallest absolute Gasteiger partial charge is 0.226 e. The molecule has 1 aromatic carbocycles. The molecule has 0 unspecified atom stereocenters. The first-order valence-electron chi connectivity index (χ1n) is 4.73. The molecular formula is C11H5ClF4N2. The number of rotatable bonds is 1. The Kier molecular flexibility index (Phi) is 3.21. The van der Waals surface area contributed by atoms with Crippen LogP contribution in [0.5, 0.6) is 0 Å².